The van der Waals surface area contributed by atoms with Crippen LogP contribution in [0, 0.1) is 0 Å². The molecule has 0 N–H and O–H groups in total. The van der Waals surface area contributed by atoms with Crippen molar-refractivity contribution < 1.29 is 0 Å². The quantitative estimate of drug-likeness (QED) is 0.128. The second-order valence-electron chi connectivity index (χ2n) is 23.5. The Hall–Kier alpha value is -7.88. The van der Waals surface area contributed by atoms with E-state index in [4.69, 9.17) is 0 Å². The van der Waals surface area contributed by atoms with Crippen molar-refractivity contribution in [2.24, 2.45) is 0 Å². The summed E-state index contributed by atoms with van der Waals surface area (Å²) >= 11 is 0. The second-order valence-corrected chi connectivity index (χ2v) is 23.5. The summed E-state index contributed by atoms with van der Waals surface area (Å²) in [7, 11) is 0. The van der Waals surface area contributed by atoms with Crippen molar-refractivity contribution >= 4 is 93.8 Å². The van der Waals surface area contributed by atoms with Crippen LogP contribution in [0.15, 0.2) is 194 Å². The molecule has 0 bridgehead atoms. The van der Waals surface area contributed by atoms with E-state index in [0.717, 1.165) is 34.1 Å². The van der Waals surface area contributed by atoms with E-state index in [1.807, 2.05) is 0 Å². The van der Waals surface area contributed by atoms with Gasteiger partial charge in [0.25, 0.3) is 0 Å². The van der Waals surface area contributed by atoms with Crippen LogP contribution in [-0.4, -0.2) is 4.40 Å². The van der Waals surface area contributed by atoms with Crippen LogP contribution in [0.1, 0.15) is 128 Å². The molecular formula is C72H69N3. The number of hydrogen-bond acceptors (Lipinski definition) is 2. The molecule has 0 aliphatic heterocycles. The summed E-state index contributed by atoms with van der Waals surface area (Å²) in [5.41, 5.74) is 19.8. The Morgan fingerprint density at radius 2 is 0.640 bits per heavy atom. The normalized spacial score (nSPS) is 12.4. The van der Waals surface area contributed by atoms with Crippen LogP contribution < -0.4 is 9.80 Å². The summed E-state index contributed by atoms with van der Waals surface area (Å²) in [6.45, 7) is 25.0. The Morgan fingerprint density at radius 3 is 0.960 bits per heavy atom. The molecule has 3 nitrogen and oxygen atoms in total. The Labute approximate surface area is 444 Å². The Bertz CT molecular complexity index is 3710. The predicted octanol–water partition coefficient (Wildman–Crippen LogP) is 21.5. The highest BCUT2D eigenvalue weighted by Crippen LogP contribution is 2.46. The first kappa shape index (κ1) is 48.1. The van der Waals surface area contributed by atoms with Crippen LogP contribution in [0.25, 0.3) is 70.8 Å². The summed E-state index contributed by atoms with van der Waals surface area (Å²) < 4.78 is 2.57. The average molecular weight is 976 g/mol. The number of fused-ring (bicyclic) bond motifs is 8. The molecule has 0 saturated heterocycles. The maximum Gasteiger partial charge on any atom is 0.0620 e. The van der Waals surface area contributed by atoms with Gasteiger partial charge in [-0.2, -0.15) is 0 Å². The highest BCUT2D eigenvalue weighted by atomic mass is 15.1. The van der Waals surface area contributed by atoms with E-state index in [1.54, 1.807) is 0 Å². The Balaban J connectivity index is 1.08. The van der Waals surface area contributed by atoms with Gasteiger partial charge in [-0.15, -0.1) is 0 Å². The molecule has 0 atom stereocenters. The molecule has 0 aliphatic carbocycles. The molecule has 12 rings (SSSR count). The fourth-order valence-electron chi connectivity index (χ4n) is 11.5. The van der Waals surface area contributed by atoms with E-state index in [2.05, 4.69) is 284 Å². The number of aromatic nitrogens is 1. The molecule has 2 aromatic heterocycles. The van der Waals surface area contributed by atoms with Gasteiger partial charge in [-0.1, -0.05) is 161 Å². The zero-order valence-corrected chi connectivity index (χ0v) is 45.6. The molecule has 0 radical (unpaired) electrons. The lowest BCUT2D eigenvalue weighted by atomic mass is 9.86. The number of hydrogen-bond donors (Lipinski definition) is 0. The van der Waals surface area contributed by atoms with Gasteiger partial charge >= 0.3 is 0 Å². The molecule has 0 spiro atoms. The Kier molecular flexibility index (Phi) is 11.9. The third kappa shape index (κ3) is 8.57. The molecule has 10 aromatic carbocycles. The van der Waals surface area contributed by atoms with Crippen LogP contribution in [-0.2, 0) is 5.41 Å². The van der Waals surface area contributed by atoms with Gasteiger partial charge in [0.2, 0.25) is 0 Å². The van der Waals surface area contributed by atoms with E-state index in [1.165, 1.54) is 98.6 Å². The van der Waals surface area contributed by atoms with Gasteiger partial charge < -0.3 is 14.2 Å². The van der Waals surface area contributed by atoms with E-state index >= 15 is 0 Å². The van der Waals surface area contributed by atoms with Crippen molar-refractivity contribution in [1.29, 1.82) is 0 Å². The fourth-order valence-corrected chi connectivity index (χ4v) is 11.5. The minimum absolute atomic E-state index is 0.0758. The van der Waals surface area contributed by atoms with Gasteiger partial charge in [-0.3, -0.25) is 0 Å². The first-order valence-electron chi connectivity index (χ1n) is 27.3. The number of rotatable bonds is 11. The summed E-state index contributed by atoms with van der Waals surface area (Å²) in [5, 5.41) is 9.97. The highest BCUT2D eigenvalue weighted by Gasteiger charge is 2.23. The second kappa shape index (κ2) is 18.5. The number of anilines is 6. The molecule has 0 amide bonds. The van der Waals surface area contributed by atoms with E-state index < -0.39 is 0 Å². The SMILES string of the molecule is CC(C)c1ccc(N(c2ccc(C(C)C)cc2)c2ccc3cc4c5cc(-c6ccc(C(C)(C)C)cc6)cc6c7cc8ccc(N(c9ccc(C(C)C)cc9)c9ccc(C(C)C)cc9)cc8cc7n(c4cc3c2)c56)cc1. The lowest BCUT2D eigenvalue weighted by molar-refractivity contribution is 0.590. The first-order chi connectivity index (χ1) is 36.1. The lowest BCUT2D eigenvalue weighted by Crippen LogP contribution is -2.10. The molecule has 3 heteroatoms. The minimum Gasteiger partial charge on any atom is -0.310 e. The van der Waals surface area contributed by atoms with Gasteiger partial charge in [-0.05, 0) is 199 Å². The fraction of sp³-hybridized carbons (Fsp3) is 0.222. The third-order valence-electron chi connectivity index (χ3n) is 16.1. The smallest absolute Gasteiger partial charge is 0.0620 e. The Morgan fingerprint density at radius 1 is 0.307 bits per heavy atom. The molecule has 0 fully saturated rings. The lowest BCUT2D eigenvalue weighted by Gasteiger charge is -2.26. The number of nitrogens with zero attached hydrogens (tertiary/aromatic N) is 3. The molecular weight excluding hydrogens is 907 g/mol. The summed E-state index contributed by atoms with van der Waals surface area (Å²) in [5.74, 6) is 1.84. The van der Waals surface area contributed by atoms with Gasteiger partial charge in [0.15, 0.2) is 0 Å². The van der Waals surface area contributed by atoms with Gasteiger partial charge in [0.1, 0.15) is 0 Å². The zero-order chi connectivity index (χ0) is 52.0. The highest BCUT2D eigenvalue weighted by molar-refractivity contribution is 6.27. The number of benzene rings is 10. The molecule has 2 heterocycles. The minimum atomic E-state index is 0.0758. The predicted molar refractivity (Wildman–Crippen MR) is 326 cm³/mol. The molecule has 372 valence electrons. The maximum atomic E-state index is 2.57. The van der Waals surface area contributed by atoms with Crippen molar-refractivity contribution in [3.05, 3.63) is 222 Å². The van der Waals surface area contributed by atoms with E-state index in [0.29, 0.717) is 23.7 Å². The van der Waals surface area contributed by atoms with Crippen molar-refractivity contribution in [2.75, 3.05) is 9.80 Å². The largest absolute Gasteiger partial charge is 0.310 e. The van der Waals surface area contributed by atoms with Crippen molar-refractivity contribution in [3.8, 4) is 11.1 Å². The van der Waals surface area contributed by atoms with Crippen molar-refractivity contribution in [1.82, 2.24) is 4.40 Å². The van der Waals surface area contributed by atoms with Crippen LogP contribution in [0.4, 0.5) is 34.1 Å². The summed E-state index contributed by atoms with van der Waals surface area (Å²) in [4.78, 5) is 4.83. The van der Waals surface area contributed by atoms with E-state index in [9.17, 15) is 0 Å². The van der Waals surface area contributed by atoms with Crippen LogP contribution >= 0.6 is 0 Å². The zero-order valence-electron chi connectivity index (χ0n) is 45.6. The van der Waals surface area contributed by atoms with E-state index in [-0.39, 0.29) is 5.41 Å². The topological polar surface area (TPSA) is 10.9 Å². The molecule has 75 heavy (non-hydrogen) atoms. The average Bonchev–Trinajstić information content (AvgIpc) is 3.90. The maximum absolute atomic E-state index is 2.57. The van der Waals surface area contributed by atoms with Crippen molar-refractivity contribution in [2.45, 2.75) is 105 Å². The van der Waals surface area contributed by atoms with Crippen LogP contribution in [0.2, 0.25) is 0 Å². The summed E-state index contributed by atoms with van der Waals surface area (Å²) in [6, 6.07) is 74.6. The summed E-state index contributed by atoms with van der Waals surface area (Å²) in [6.07, 6.45) is 0. The van der Waals surface area contributed by atoms with Crippen LogP contribution in [0.5, 0.6) is 0 Å². The molecule has 0 unspecified atom stereocenters. The van der Waals surface area contributed by atoms with Gasteiger partial charge in [-0.25, -0.2) is 0 Å². The van der Waals surface area contributed by atoms with Gasteiger partial charge in [0, 0.05) is 55.7 Å². The standard InChI is InChI=1S/C72H69N3/c1-44(2)48-14-26-59(27-15-48)73(60-28-16-49(17-29-60)45(3)4)63-34-22-53-38-65-67-40-57(52-12-24-58(25-13-52)72(9,10)11)41-68-66-39-54-23-35-64(37-56(54)43-70(66)75(71(67)68)69(65)42-55(53)36-63)74(61-30-18-50(19-31-61)46(5)6)62-32-20-51(21-33-62)47(7)8/h12-47H,1-11H3. The van der Waals surface area contributed by atoms with Crippen LogP contribution in [0.3, 0.4) is 0 Å². The third-order valence-corrected chi connectivity index (χ3v) is 16.1. The molecule has 12 aromatic rings. The first-order valence-corrected chi connectivity index (χ1v) is 27.3. The molecule has 0 saturated carbocycles. The monoisotopic (exact) mass is 976 g/mol. The van der Waals surface area contributed by atoms with Crippen molar-refractivity contribution in [3.63, 3.8) is 0 Å². The molecule has 0 aliphatic rings. The van der Waals surface area contributed by atoms with Gasteiger partial charge in [0.05, 0.1) is 16.6 Å².